The molecule has 1 heterocycles. The quantitative estimate of drug-likeness (QED) is 0.683. The van der Waals surface area contributed by atoms with Gasteiger partial charge in [-0.3, -0.25) is 0 Å². The number of methoxy groups -OCH3 is 1. The van der Waals surface area contributed by atoms with E-state index in [1.54, 1.807) is 18.4 Å². The molecule has 0 fully saturated rings. The molecule has 0 spiro atoms. The van der Waals surface area contributed by atoms with E-state index in [0.29, 0.717) is 0 Å². The topological polar surface area (TPSA) is 9.23 Å². The largest absolute Gasteiger partial charge is 0.495 e. The van der Waals surface area contributed by atoms with Gasteiger partial charge in [-0.2, -0.15) is 0 Å². The molecule has 0 saturated heterocycles. The van der Waals surface area contributed by atoms with Crippen molar-refractivity contribution in [3.8, 4) is 5.75 Å². The van der Waals surface area contributed by atoms with Crippen LogP contribution in [0, 0.1) is 3.57 Å². The molecule has 2 aromatic rings. The van der Waals surface area contributed by atoms with Crippen LogP contribution in [0.2, 0.25) is 0 Å². The number of thiophene rings is 1. The molecule has 0 atom stereocenters. The summed E-state index contributed by atoms with van der Waals surface area (Å²) in [5.41, 5.74) is 0. The summed E-state index contributed by atoms with van der Waals surface area (Å²) in [6.07, 6.45) is 0. The molecule has 0 radical (unpaired) electrons. The van der Waals surface area contributed by atoms with Gasteiger partial charge < -0.3 is 4.74 Å². The summed E-state index contributed by atoms with van der Waals surface area (Å²) in [6.45, 7) is 0. The molecular formula is C9H6BrIOS. The van der Waals surface area contributed by atoms with Gasteiger partial charge in [0.15, 0.2) is 0 Å². The monoisotopic (exact) mass is 368 g/mol. The molecule has 0 N–H and O–H groups in total. The van der Waals surface area contributed by atoms with Crippen LogP contribution in [0.1, 0.15) is 0 Å². The number of hydrogen-bond donors (Lipinski definition) is 0. The Hall–Kier alpha value is 0.190. The fourth-order valence-corrected chi connectivity index (χ4v) is 3.05. The Labute approximate surface area is 102 Å². The minimum atomic E-state index is 0.963. The summed E-state index contributed by atoms with van der Waals surface area (Å²) in [5.74, 6) is 0.963. The Bertz CT molecular complexity index is 452. The number of fused-ring (bicyclic) bond motifs is 1. The van der Waals surface area contributed by atoms with Crippen molar-refractivity contribution in [1.82, 2.24) is 0 Å². The number of ether oxygens (including phenoxy) is 1. The fourth-order valence-electron chi connectivity index (χ4n) is 1.16. The van der Waals surface area contributed by atoms with Crippen LogP contribution in [0.25, 0.3) is 10.1 Å². The standard InChI is InChI=1S/C9H6BrIOS/c1-12-8-4-13-9-3-6(10)7(11)2-5(8)9/h2-4H,1H3. The predicted octanol–water partition coefficient (Wildman–Crippen LogP) is 4.28. The average molecular weight is 369 g/mol. The predicted molar refractivity (Wildman–Crippen MR) is 68.8 cm³/mol. The number of rotatable bonds is 1. The van der Waals surface area contributed by atoms with Gasteiger partial charge >= 0.3 is 0 Å². The molecule has 0 aliphatic heterocycles. The zero-order valence-corrected chi connectivity index (χ0v) is 11.4. The van der Waals surface area contributed by atoms with Crippen LogP contribution in [0.5, 0.6) is 5.75 Å². The van der Waals surface area contributed by atoms with Gasteiger partial charge in [0.1, 0.15) is 5.75 Å². The third kappa shape index (κ3) is 1.71. The third-order valence-corrected chi connectivity index (χ3v) is 5.01. The van der Waals surface area contributed by atoms with Crippen molar-refractivity contribution in [2.45, 2.75) is 0 Å². The molecule has 1 aromatic heterocycles. The molecule has 0 unspecified atom stereocenters. The van der Waals surface area contributed by atoms with Gasteiger partial charge in [-0.25, -0.2) is 0 Å². The van der Waals surface area contributed by atoms with Crippen molar-refractivity contribution in [3.63, 3.8) is 0 Å². The summed E-state index contributed by atoms with van der Waals surface area (Å²) < 4.78 is 8.86. The summed E-state index contributed by atoms with van der Waals surface area (Å²) in [6, 6.07) is 4.26. The first-order valence-electron chi connectivity index (χ1n) is 3.62. The smallest absolute Gasteiger partial charge is 0.137 e. The van der Waals surface area contributed by atoms with E-state index >= 15 is 0 Å². The van der Waals surface area contributed by atoms with Crippen molar-refractivity contribution in [3.05, 3.63) is 25.6 Å². The van der Waals surface area contributed by atoms with Crippen molar-refractivity contribution in [2.75, 3.05) is 7.11 Å². The maximum Gasteiger partial charge on any atom is 0.137 e. The molecule has 0 bridgehead atoms. The highest BCUT2D eigenvalue weighted by atomic mass is 127. The molecule has 2 rings (SSSR count). The van der Waals surface area contributed by atoms with Crippen LogP contribution in [-0.2, 0) is 0 Å². The molecule has 0 aliphatic rings. The molecule has 0 saturated carbocycles. The van der Waals surface area contributed by atoms with E-state index in [-0.39, 0.29) is 0 Å². The maximum atomic E-state index is 5.25. The van der Waals surface area contributed by atoms with Crippen LogP contribution in [0.4, 0.5) is 0 Å². The molecule has 13 heavy (non-hydrogen) atoms. The number of hydrogen-bond acceptors (Lipinski definition) is 2. The van der Waals surface area contributed by atoms with Crippen LogP contribution in [0.15, 0.2) is 22.0 Å². The zero-order valence-electron chi connectivity index (χ0n) is 6.80. The number of benzene rings is 1. The van der Waals surface area contributed by atoms with E-state index in [0.717, 1.165) is 10.2 Å². The summed E-state index contributed by atoms with van der Waals surface area (Å²) in [7, 11) is 1.70. The summed E-state index contributed by atoms with van der Waals surface area (Å²) in [4.78, 5) is 0. The van der Waals surface area contributed by atoms with Crippen molar-refractivity contribution in [2.24, 2.45) is 0 Å². The van der Waals surface area contributed by atoms with Crippen molar-refractivity contribution < 1.29 is 4.74 Å². The lowest BCUT2D eigenvalue weighted by Crippen LogP contribution is -1.80. The second-order valence-electron chi connectivity index (χ2n) is 2.57. The minimum Gasteiger partial charge on any atom is -0.495 e. The first kappa shape index (κ1) is 9.73. The Morgan fingerprint density at radius 3 is 2.92 bits per heavy atom. The lowest BCUT2D eigenvalue weighted by Gasteiger charge is -1.99. The molecular weight excluding hydrogens is 363 g/mol. The highest BCUT2D eigenvalue weighted by molar-refractivity contribution is 14.1. The van der Waals surface area contributed by atoms with E-state index in [9.17, 15) is 0 Å². The second-order valence-corrected chi connectivity index (χ2v) is 5.49. The van der Waals surface area contributed by atoms with Gasteiger partial charge in [0.05, 0.1) is 7.11 Å². The zero-order chi connectivity index (χ0) is 9.42. The summed E-state index contributed by atoms with van der Waals surface area (Å²) >= 11 is 7.51. The SMILES string of the molecule is COc1csc2cc(Br)c(I)cc12. The van der Waals surface area contributed by atoms with Crippen LogP contribution >= 0.6 is 49.9 Å². The normalized spacial score (nSPS) is 10.7. The Kier molecular flexibility index (Phi) is 2.80. The molecule has 1 nitrogen and oxygen atoms in total. The molecule has 0 aliphatic carbocycles. The maximum absolute atomic E-state index is 5.25. The molecule has 68 valence electrons. The highest BCUT2D eigenvalue weighted by Crippen LogP contribution is 2.36. The molecule has 4 heteroatoms. The first-order valence-corrected chi connectivity index (χ1v) is 6.37. The van der Waals surface area contributed by atoms with E-state index in [4.69, 9.17) is 4.74 Å². The van der Waals surface area contributed by atoms with Gasteiger partial charge in [0, 0.05) is 23.5 Å². The van der Waals surface area contributed by atoms with Crippen LogP contribution in [-0.4, -0.2) is 7.11 Å². The first-order chi connectivity index (χ1) is 6.22. The minimum absolute atomic E-state index is 0.963. The van der Waals surface area contributed by atoms with Crippen molar-refractivity contribution >= 4 is 59.9 Å². The van der Waals surface area contributed by atoms with Gasteiger partial charge in [0.25, 0.3) is 0 Å². The van der Waals surface area contributed by atoms with Gasteiger partial charge in [-0.15, -0.1) is 11.3 Å². The summed E-state index contributed by atoms with van der Waals surface area (Å²) in [5, 5.41) is 3.23. The van der Waals surface area contributed by atoms with Gasteiger partial charge in [-0.05, 0) is 50.7 Å². The lowest BCUT2D eigenvalue weighted by molar-refractivity contribution is 0.421. The van der Waals surface area contributed by atoms with Crippen LogP contribution in [0.3, 0.4) is 0 Å². The van der Waals surface area contributed by atoms with Crippen LogP contribution < -0.4 is 4.74 Å². The van der Waals surface area contributed by atoms with E-state index in [2.05, 4.69) is 50.7 Å². The highest BCUT2D eigenvalue weighted by Gasteiger charge is 2.06. The molecule has 0 amide bonds. The Morgan fingerprint density at radius 2 is 2.23 bits per heavy atom. The fraction of sp³-hybridized carbons (Fsp3) is 0.111. The van der Waals surface area contributed by atoms with Crippen molar-refractivity contribution in [1.29, 1.82) is 0 Å². The third-order valence-electron chi connectivity index (χ3n) is 1.80. The van der Waals surface area contributed by atoms with E-state index < -0.39 is 0 Å². The van der Waals surface area contributed by atoms with E-state index in [1.807, 2.05) is 5.38 Å². The second kappa shape index (κ2) is 3.74. The molecule has 1 aromatic carbocycles. The number of halogens is 2. The lowest BCUT2D eigenvalue weighted by atomic mass is 10.2. The Morgan fingerprint density at radius 1 is 1.46 bits per heavy atom. The Balaban J connectivity index is 2.77. The average Bonchev–Trinajstić information content (AvgIpc) is 2.48. The van der Waals surface area contributed by atoms with E-state index in [1.165, 1.54) is 13.7 Å². The van der Waals surface area contributed by atoms with Gasteiger partial charge in [-0.1, -0.05) is 0 Å². The van der Waals surface area contributed by atoms with Gasteiger partial charge in [0.2, 0.25) is 0 Å².